The molecule has 1 aliphatic rings. The lowest BCUT2D eigenvalue weighted by Gasteiger charge is -2.32. The van der Waals surface area contributed by atoms with Crippen molar-refractivity contribution in [1.29, 1.82) is 0 Å². The molecule has 0 amide bonds. The van der Waals surface area contributed by atoms with Crippen molar-refractivity contribution in [3.63, 3.8) is 0 Å². The molecule has 2 atom stereocenters. The van der Waals surface area contributed by atoms with Crippen LogP contribution in [0.4, 0.5) is 0 Å². The highest BCUT2D eigenvalue weighted by Crippen LogP contribution is 2.32. The van der Waals surface area contributed by atoms with Gasteiger partial charge >= 0.3 is 0 Å². The van der Waals surface area contributed by atoms with Gasteiger partial charge in [-0.05, 0) is 37.9 Å². The molecular formula is C17H23NO2. The number of terminal acetylenes is 1. The Morgan fingerprint density at radius 2 is 2.20 bits per heavy atom. The van der Waals surface area contributed by atoms with E-state index in [1.807, 2.05) is 24.3 Å². The topological polar surface area (TPSA) is 30.5 Å². The van der Waals surface area contributed by atoms with Crippen molar-refractivity contribution in [3.05, 3.63) is 24.3 Å². The van der Waals surface area contributed by atoms with Gasteiger partial charge in [-0.2, -0.15) is 0 Å². The summed E-state index contributed by atoms with van der Waals surface area (Å²) in [7, 11) is 0. The molecule has 2 unspecified atom stereocenters. The number of ether oxygens (including phenoxy) is 2. The predicted octanol–water partition coefficient (Wildman–Crippen LogP) is 3.00. The van der Waals surface area contributed by atoms with Crippen molar-refractivity contribution in [3.8, 4) is 23.8 Å². The Labute approximate surface area is 121 Å². The number of fused-ring (bicyclic) bond motifs is 1. The molecule has 0 fully saturated rings. The molecule has 0 aromatic heterocycles. The average molecular weight is 273 g/mol. The second-order valence-electron chi connectivity index (χ2n) is 5.07. The van der Waals surface area contributed by atoms with Gasteiger partial charge in [0.2, 0.25) is 0 Å². The molecule has 20 heavy (non-hydrogen) atoms. The van der Waals surface area contributed by atoms with Gasteiger partial charge in [-0.25, -0.2) is 0 Å². The Balaban J connectivity index is 1.97. The van der Waals surface area contributed by atoms with Gasteiger partial charge in [-0.1, -0.05) is 19.1 Å². The van der Waals surface area contributed by atoms with Crippen LogP contribution in [-0.4, -0.2) is 25.3 Å². The molecule has 2 rings (SSSR count). The summed E-state index contributed by atoms with van der Waals surface area (Å²) in [4.78, 5) is 0. The fourth-order valence-corrected chi connectivity index (χ4v) is 2.41. The molecule has 0 spiro atoms. The van der Waals surface area contributed by atoms with Gasteiger partial charge in [-0.15, -0.1) is 12.3 Å². The zero-order chi connectivity index (χ0) is 14.2. The number of para-hydroxylation sites is 2. The average Bonchev–Trinajstić information content (AvgIpc) is 2.50. The summed E-state index contributed by atoms with van der Waals surface area (Å²) in [5, 5.41) is 3.56. The molecule has 108 valence electrons. The molecule has 1 aliphatic heterocycles. The molecule has 1 N–H and O–H groups in total. The maximum atomic E-state index is 6.08. The van der Waals surface area contributed by atoms with Crippen LogP contribution in [0.2, 0.25) is 0 Å². The number of nitrogens with one attached hydrogen (secondary N) is 1. The first kappa shape index (κ1) is 14.7. The number of hydrogen-bond donors (Lipinski definition) is 1. The Bertz CT molecular complexity index is 453. The van der Waals surface area contributed by atoms with E-state index in [1.54, 1.807) is 0 Å². The van der Waals surface area contributed by atoms with E-state index in [-0.39, 0.29) is 12.1 Å². The van der Waals surface area contributed by atoms with Crippen LogP contribution >= 0.6 is 0 Å². The standard InChI is InChI=1S/C17H23NO2/c1-3-5-6-9-14(18-12-4-2)17-13-19-15-10-7-8-11-16(15)20-17/h1,7-8,10-11,14,17-18H,4-6,9,12-13H2,2H3. The van der Waals surface area contributed by atoms with E-state index in [0.717, 1.165) is 43.7 Å². The molecule has 0 saturated heterocycles. The maximum absolute atomic E-state index is 6.08. The molecule has 1 aromatic carbocycles. The molecule has 3 heteroatoms. The summed E-state index contributed by atoms with van der Waals surface area (Å²) in [6.07, 6.45) is 9.33. The first-order valence-corrected chi connectivity index (χ1v) is 7.40. The normalized spacial score (nSPS) is 18.3. The number of benzene rings is 1. The van der Waals surface area contributed by atoms with Gasteiger partial charge in [0.05, 0.1) is 0 Å². The Hall–Kier alpha value is -1.66. The molecule has 1 aromatic rings. The fraction of sp³-hybridized carbons (Fsp3) is 0.529. The summed E-state index contributed by atoms with van der Waals surface area (Å²) in [6, 6.07) is 8.12. The third-order valence-electron chi connectivity index (χ3n) is 3.47. The van der Waals surface area contributed by atoms with Gasteiger partial charge < -0.3 is 14.8 Å². The van der Waals surface area contributed by atoms with E-state index in [4.69, 9.17) is 15.9 Å². The second kappa shape index (κ2) is 7.81. The molecule has 1 heterocycles. The number of rotatable bonds is 7. The zero-order valence-electron chi connectivity index (χ0n) is 12.1. The smallest absolute Gasteiger partial charge is 0.161 e. The predicted molar refractivity (Wildman–Crippen MR) is 81.1 cm³/mol. The van der Waals surface area contributed by atoms with Crippen LogP contribution in [0, 0.1) is 12.3 Å². The maximum Gasteiger partial charge on any atom is 0.161 e. The van der Waals surface area contributed by atoms with Crippen molar-refractivity contribution in [1.82, 2.24) is 5.32 Å². The summed E-state index contributed by atoms with van der Waals surface area (Å²) < 4.78 is 11.9. The van der Waals surface area contributed by atoms with E-state index >= 15 is 0 Å². The summed E-state index contributed by atoms with van der Waals surface area (Å²) in [6.45, 7) is 3.75. The molecule has 3 nitrogen and oxygen atoms in total. The van der Waals surface area contributed by atoms with Gasteiger partial charge in [0.25, 0.3) is 0 Å². The van der Waals surface area contributed by atoms with Crippen LogP contribution < -0.4 is 14.8 Å². The van der Waals surface area contributed by atoms with Crippen molar-refractivity contribution in [2.24, 2.45) is 0 Å². The van der Waals surface area contributed by atoms with E-state index in [2.05, 4.69) is 18.2 Å². The van der Waals surface area contributed by atoms with Crippen LogP contribution in [0.1, 0.15) is 32.6 Å². The van der Waals surface area contributed by atoms with Crippen molar-refractivity contribution in [2.45, 2.75) is 44.8 Å². The minimum absolute atomic E-state index is 0.0502. The molecule has 0 aliphatic carbocycles. The van der Waals surface area contributed by atoms with E-state index in [9.17, 15) is 0 Å². The molecule has 0 bridgehead atoms. The van der Waals surface area contributed by atoms with Crippen LogP contribution in [0.5, 0.6) is 11.5 Å². The fourth-order valence-electron chi connectivity index (χ4n) is 2.41. The van der Waals surface area contributed by atoms with E-state index in [1.165, 1.54) is 0 Å². The molecular weight excluding hydrogens is 250 g/mol. The van der Waals surface area contributed by atoms with Crippen LogP contribution in [0.3, 0.4) is 0 Å². The molecule has 0 saturated carbocycles. The SMILES string of the molecule is C#CCCCC(NCCC)C1COc2ccccc2O1. The Morgan fingerprint density at radius 3 is 2.95 bits per heavy atom. The third kappa shape index (κ3) is 3.91. The van der Waals surface area contributed by atoms with Gasteiger partial charge in [-0.3, -0.25) is 0 Å². The van der Waals surface area contributed by atoms with E-state index in [0.29, 0.717) is 6.61 Å². The lowest BCUT2D eigenvalue weighted by Crippen LogP contribution is -2.48. The second-order valence-corrected chi connectivity index (χ2v) is 5.07. The van der Waals surface area contributed by atoms with Crippen molar-refractivity contribution >= 4 is 0 Å². The summed E-state index contributed by atoms with van der Waals surface area (Å²) >= 11 is 0. The first-order valence-electron chi connectivity index (χ1n) is 7.40. The zero-order valence-corrected chi connectivity index (χ0v) is 12.1. The minimum atomic E-state index is 0.0502. The van der Waals surface area contributed by atoms with Crippen LogP contribution in [-0.2, 0) is 0 Å². The van der Waals surface area contributed by atoms with Crippen molar-refractivity contribution in [2.75, 3.05) is 13.2 Å². The highest BCUT2D eigenvalue weighted by molar-refractivity contribution is 5.40. The minimum Gasteiger partial charge on any atom is -0.486 e. The van der Waals surface area contributed by atoms with Crippen LogP contribution in [0.25, 0.3) is 0 Å². The Kier molecular flexibility index (Phi) is 5.76. The van der Waals surface area contributed by atoms with Gasteiger partial charge in [0, 0.05) is 12.5 Å². The summed E-state index contributed by atoms with van der Waals surface area (Å²) in [5.74, 6) is 4.37. The highest BCUT2D eigenvalue weighted by Gasteiger charge is 2.27. The third-order valence-corrected chi connectivity index (χ3v) is 3.47. The quantitative estimate of drug-likeness (QED) is 0.612. The Morgan fingerprint density at radius 1 is 1.40 bits per heavy atom. The van der Waals surface area contributed by atoms with Gasteiger partial charge in [0.15, 0.2) is 11.5 Å². The largest absolute Gasteiger partial charge is 0.486 e. The van der Waals surface area contributed by atoms with Crippen LogP contribution in [0.15, 0.2) is 24.3 Å². The summed E-state index contributed by atoms with van der Waals surface area (Å²) in [5.41, 5.74) is 0. The van der Waals surface area contributed by atoms with Crippen molar-refractivity contribution < 1.29 is 9.47 Å². The monoisotopic (exact) mass is 273 g/mol. The number of unbranched alkanes of at least 4 members (excludes halogenated alkanes) is 1. The lowest BCUT2D eigenvalue weighted by atomic mass is 10.0. The highest BCUT2D eigenvalue weighted by atomic mass is 16.6. The number of hydrogen-bond acceptors (Lipinski definition) is 3. The van der Waals surface area contributed by atoms with E-state index < -0.39 is 0 Å². The first-order chi connectivity index (χ1) is 9.85. The molecule has 0 radical (unpaired) electrons. The van der Waals surface area contributed by atoms with Gasteiger partial charge in [0.1, 0.15) is 12.7 Å². The lowest BCUT2D eigenvalue weighted by molar-refractivity contribution is 0.0590.